The number of carbonyl (C=O) groups is 2. The van der Waals surface area contributed by atoms with Crippen molar-refractivity contribution in [3.8, 4) is 0 Å². The van der Waals surface area contributed by atoms with Crippen LogP contribution in [0.25, 0.3) is 0 Å². The van der Waals surface area contributed by atoms with Crippen LogP contribution in [0.15, 0.2) is 0 Å². The molecule has 18 heavy (non-hydrogen) atoms. The molecule has 102 valence electrons. The Balaban J connectivity index is 2.13. The van der Waals surface area contributed by atoms with E-state index in [0.29, 0.717) is 26.0 Å². The zero-order valence-corrected chi connectivity index (χ0v) is 10.6. The zero-order chi connectivity index (χ0) is 13.3. The summed E-state index contributed by atoms with van der Waals surface area (Å²) in [5.41, 5.74) is 5.18. The maximum absolute atomic E-state index is 12.3. The largest absolute Gasteiger partial charge is 0.481 e. The second kappa shape index (κ2) is 4.85. The number of ether oxygens (including phenoxy) is 1. The van der Waals surface area contributed by atoms with Gasteiger partial charge >= 0.3 is 5.97 Å². The molecule has 1 aliphatic heterocycles. The molecule has 6 nitrogen and oxygen atoms in total. The highest BCUT2D eigenvalue weighted by Gasteiger charge is 2.51. The second-order valence-corrected chi connectivity index (χ2v) is 5.20. The van der Waals surface area contributed by atoms with Gasteiger partial charge in [-0.25, -0.2) is 0 Å². The van der Waals surface area contributed by atoms with Gasteiger partial charge in [-0.2, -0.15) is 0 Å². The summed E-state index contributed by atoms with van der Waals surface area (Å²) >= 11 is 0. The molecule has 6 heteroatoms. The molecule has 1 aliphatic carbocycles. The average molecular weight is 256 g/mol. The molecule has 0 aromatic heterocycles. The number of nitrogens with zero attached hydrogens (tertiary/aromatic N) is 1. The molecule has 0 aromatic carbocycles. The Morgan fingerprint density at radius 1 is 1.44 bits per heavy atom. The summed E-state index contributed by atoms with van der Waals surface area (Å²) < 4.78 is 5.23. The van der Waals surface area contributed by atoms with Gasteiger partial charge in [0.05, 0.1) is 24.8 Å². The van der Waals surface area contributed by atoms with Gasteiger partial charge in [-0.15, -0.1) is 0 Å². The predicted molar refractivity (Wildman–Crippen MR) is 63.9 cm³/mol. The van der Waals surface area contributed by atoms with Gasteiger partial charge in [-0.3, -0.25) is 9.59 Å². The molecule has 0 bridgehead atoms. The lowest BCUT2D eigenvalue weighted by molar-refractivity contribution is -0.145. The number of amides is 1. The first-order valence-corrected chi connectivity index (χ1v) is 6.40. The minimum absolute atomic E-state index is 0.119. The first-order valence-electron chi connectivity index (χ1n) is 6.40. The van der Waals surface area contributed by atoms with Crippen molar-refractivity contribution in [1.82, 2.24) is 4.90 Å². The number of carbonyl (C=O) groups excluding carboxylic acids is 1. The molecule has 2 aliphatic rings. The average Bonchev–Trinajstić information content (AvgIpc) is 2.91. The fourth-order valence-corrected chi connectivity index (χ4v) is 2.38. The molecule has 0 radical (unpaired) electrons. The van der Waals surface area contributed by atoms with Crippen molar-refractivity contribution in [2.45, 2.75) is 37.8 Å². The quantitative estimate of drug-likeness (QED) is 0.711. The summed E-state index contributed by atoms with van der Waals surface area (Å²) in [6, 6.07) is -0.379. The van der Waals surface area contributed by atoms with E-state index in [2.05, 4.69) is 0 Å². The lowest BCUT2D eigenvalue weighted by Crippen LogP contribution is -2.53. The molecule has 1 amide bonds. The van der Waals surface area contributed by atoms with Crippen LogP contribution in [0.1, 0.15) is 26.2 Å². The summed E-state index contributed by atoms with van der Waals surface area (Å²) in [5.74, 6) is -1.66. The van der Waals surface area contributed by atoms with Crippen molar-refractivity contribution in [1.29, 1.82) is 0 Å². The Morgan fingerprint density at radius 3 is 2.61 bits per heavy atom. The molecule has 3 N–H and O–H groups in total. The van der Waals surface area contributed by atoms with E-state index in [0.717, 1.165) is 6.42 Å². The third-order valence-corrected chi connectivity index (χ3v) is 3.71. The van der Waals surface area contributed by atoms with Crippen LogP contribution in [0, 0.1) is 5.92 Å². The summed E-state index contributed by atoms with van der Waals surface area (Å²) in [6.45, 7) is 2.96. The van der Waals surface area contributed by atoms with Gasteiger partial charge in [0, 0.05) is 6.54 Å². The van der Waals surface area contributed by atoms with Crippen LogP contribution in [-0.4, -0.2) is 53.2 Å². The lowest BCUT2D eigenvalue weighted by atomic mass is 10.0. The van der Waals surface area contributed by atoms with Gasteiger partial charge in [0.2, 0.25) is 5.91 Å². The van der Waals surface area contributed by atoms with E-state index in [1.807, 2.05) is 6.92 Å². The van der Waals surface area contributed by atoms with Gasteiger partial charge < -0.3 is 20.5 Å². The van der Waals surface area contributed by atoms with E-state index in [4.69, 9.17) is 15.6 Å². The van der Waals surface area contributed by atoms with Gasteiger partial charge in [-0.1, -0.05) is 6.92 Å². The first-order chi connectivity index (χ1) is 8.49. The Bertz CT molecular complexity index is 354. The van der Waals surface area contributed by atoms with Crippen molar-refractivity contribution < 1.29 is 19.4 Å². The van der Waals surface area contributed by atoms with Crippen molar-refractivity contribution in [2.24, 2.45) is 11.7 Å². The number of carboxylic acid groups (broad SMARTS) is 1. The normalized spacial score (nSPS) is 29.0. The fourth-order valence-electron chi connectivity index (χ4n) is 2.38. The van der Waals surface area contributed by atoms with E-state index < -0.39 is 17.4 Å². The van der Waals surface area contributed by atoms with Crippen LogP contribution in [-0.2, 0) is 14.3 Å². The maximum Gasteiger partial charge on any atom is 0.311 e. The van der Waals surface area contributed by atoms with Crippen molar-refractivity contribution in [3.63, 3.8) is 0 Å². The summed E-state index contributed by atoms with van der Waals surface area (Å²) in [4.78, 5) is 25.1. The number of aliphatic carboxylic acids is 1. The highest BCUT2D eigenvalue weighted by molar-refractivity contribution is 5.90. The van der Waals surface area contributed by atoms with Crippen LogP contribution in [0.4, 0.5) is 0 Å². The van der Waals surface area contributed by atoms with E-state index in [9.17, 15) is 9.59 Å². The molecule has 2 fully saturated rings. The van der Waals surface area contributed by atoms with Crippen molar-refractivity contribution in [2.75, 3.05) is 19.8 Å². The standard InChI is InChI=1S/C12H20N2O4/c1-2-5-14(11(17)12(13)3-4-12)9-7-18-6-8(9)10(15)16/h8-9H,2-7,13H2,1H3,(H,15,16). The third kappa shape index (κ3) is 2.35. The fraction of sp³-hybridized carbons (Fsp3) is 0.833. The van der Waals surface area contributed by atoms with Crippen LogP contribution in [0.5, 0.6) is 0 Å². The zero-order valence-electron chi connectivity index (χ0n) is 10.6. The number of carboxylic acids is 1. The second-order valence-electron chi connectivity index (χ2n) is 5.20. The Morgan fingerprint density at radius 2 is 2.11 bits per heavy atom. The van der Waals surface area contributed by atoms with Gasteiger partial charge in [0.15, 0.2) is 0 Å². The predicted octanol–water partition coefficient (Wildman–Crippen LogP) is -0.184. The van der Waals surface area contributed by atoms with Crippen LogP contribution >= 0.6 is 0 Å². The summed E-state index contributed by atoms with van der Waals surface area (Å²) in [7, 11) is 0. The van der Waals surface area contributed by atoms with Crippen LogP contribution < -0.4 is 5.73 Å². The van der Waals surface area contributed by atoms with E-state index >= 15 is 0 Å². The smallest absolute Gasteiger partial charge is 0.311 e. The lowest BCUT2D eigenvalue weighted by Gasteiger charge is -2.32. The minimum atomic E-state index is -0.909. The monoisotopic (exact) mass is 256 g/mol. The first kappa shape index (κ1) is 13.3. The Labute approximate surface area is 106 Å². The summed E-state index contributed by atoms with van der Waals surface area (Å²) in [5, 5.41) is 9.15. The van der Waals surface area contributed by atoms with Crippen LogP contribution in [0.2, 0.25) is 0 Å². The number of hydrogen-bond acceptors (Lipinski definition) is 4. The SMILES string of the molecule is CCCN(C(=O)C1(N)CC1)C1COCC1C(=O)O. The molecule has 2 unspecified atom stereocenters. The Kier molecular flexibility index (Phi) is 3.59. The molecule has 0 spiro atoms. The number of rotatable bonds is 5. The van der Waals surface area contributed by atoms with Gasteiger partial charge in [-0.05, 0) is 19.3 Å². The van der Waals surface area contributed by atoms with Gasteiger partial charge in [0.25, 0.3) is 0 Å². The minimum Gasteiger partial charge on any atom is -0.481 e. The van der Waals surface area contributed by atoms with E-state index in [1.54, 1.807) is 4.90 Å². The maximum atomic E-state index is 12.3. The molecular formula is C12H20N2O4. The summed E-state index contributed by atoms with van der Waals surface area (Å²) in [6.07, 6.45) is 2.17. The number of nitrogens with two attached hydrogens (primary N) is 1. The molecule has 1 heterocycles. The Hall–Kier alpha value is -1.14. The van der Waals surface area contributed by atoms with Gasteiger partial charge in [0.1, 0.15) is 5.92 Å². The molecule has 2 atom stereocenters. The molecule has 1 saturated heterocycles. The molecule has 2 rings (SSSR count). The topological polar surface area (TPSA) is 92.9 Å². The highest BCUT2D eigenvalue weighted by atomic mass is 16.5. The van der Waals surface area contributed by atoms with Crippen molar-refractivity contribution >= 4 is 11.9 Å². The van der Waals surface area contributed by atoms with Crippen molar-refractivity contribution in [3.05, 3.63) is 0 Å². The van der Waals surface area contributed by atoms with Crippen LogP contribution in [0.3, 0.4) is 0 Å². The highest BCUT2D eigenvalue weighted by Crippen LogP contribution is 2.36. The molecular weight excluding hydrogens is 236 g/mol. The molecule has 1 saturated carbocycles. The van der Waals surface area contributed by atoms with E-state index in [1.165, 1.54) is 0 Å². The number of hydrogen-bond donors (Lipinski definition) is 2. The third-order valence-electron chi connectivity index (χ3n) is 3.71. The molecule has 0 aromatic rings. The van der Waals surface area contributed by atoms with E-state index in [-0.39, 0.29) is 18.6 Å².